The lowest BCUT2D eigenvalue weighted by Gasteiger charge is -2.26. The van der Waals surface area contributed by atoms with Crippen molar-refractivity contribution in [3.63, 3.8) is 0 Å². The van der Waals surface area contributed by atoms with Crippen molar-refractivity contribution in [2.24, 2.45) is 0 Å². The van der Waals surface area contributed by atoms with E-state index in [2.05, 4.69) is 110 Å². The first-order valence-corrected chi connectivity index (χ1v) is 10.9. The number of benzene rings is 3. The molecule has 4 rings (SSSR count). The summed E-state index contributed by atoms with van der Waals surface area (Å²) in [5.74, 6) is 1.46. The van der Waals surface area contributed by atoms with Gasteiger partial charge in [0.05, 0.1) is 0 Å². The Morgan fingerprint density at radius 1 is 0.688 bits per heavy atom. The van der Waals surface area contributed by atoms with Gasteiger partial charge in [0.1, 0.15) is 12.2 Å². The third-order valence-electron chi connectivity index (χ3n) is 5.99. The zero-order chi connectivity index (χ0) is 23.0. The Hall–Kier alpha value is -3.53. The van der Waals surface area contributed by atoms with Crippen molar-refractivity contribution in [3.8, 4) is 22.5 Å². The van der Waals surface area contributed by atoms with E-state index in [4.69, 9.17) is 0 Å². The van der Waals surface area contributed by atoms with Crippen molar-refractivity contribution < 1.29 is 0 Å². The van der Waals surface area contributed by atoms with Gasteiger partial charge in [-0.25, -0.2) is 15.0 Å². The lowest BCUT2D eigenvalue weighted by Crippen LogP contribution is -2.14. The van der Waals surface area contributed by atoms with Gasteiger partial charge in [-0.15, -0.1) is 0 Å². The first-order chi connectivity index (χ1) is 15.2. The topological polar surface area (TPSA) is 41.9 Å². The van der Waals surface area contributed by atoms with Crippen LogP contribution in [-0.4, -0.2) is 22.0 Å². The van der Waals surface area contributed by atoms with Crippen molar-refractivity contribution in [3.05, 3.63) is 88.5 Å². The number of hydrogen-bond acceptors (Lipinski definition) is 4. The predicted molar refractivity (Wildman–Crippen MR) is 134 cm³/mol. The molecular formula is C28H30N4. The molecule has 0 N–H and O–H groups in total. The van der Waals surface area contributed by atoms with Gasteiger partial charge in [-0.1, -0.05) is 47.5 Å². The van der Waals surface area contributed by atoms with Crippen molar-refractivity contribution in [2.75, 3.05) is 11.9 Å². The monoisotopic (exact) mass is 422 g/mol. The third kappa shape index (κ3) is 4.13. The molecule has 0 radical (unpaired) electrons. The van der Waals surface area contributed by atoms with Crippen LogP contribution in [0.15, 0.2) is 54.9 Å². The average molecular weight is 423 g/mol. The highest BCUT2D eigenvalue weighted by Crippen LogP contribution is 2.38. The van der Waals surface area contributed by atoms with E-state index in [0.29, 0.717) is 0 Å². The highest BCUT2D eigenvalue weighted by molar-refractivity contribution is 5.80. The van der Waals surface area contributed by atoms with Crippen molar-refractivity contribution in [1.29, 1.82) is 0 Å². The Labute approximate surface area is 191 Å². The lowest BCUT2D eigenvalue weighted by molar-refractivity contribution is 0.978. The fourth-order valence-electron chi connectivity index (χ4n) is 4.68. The van der Waals surface area contributed by atoms with E-state index in [9.17, 15) is 0 Å². The zero-order valence-corrected chi connectivity index (χ0v) is 20.0. The highest BCUT2D eigenvalue weighted by atomic mass is 15.1. The zero-order valence-electron chi connectivity index (χ0n) is 20.0. The molecule has 4 nitrogen and oxygen atoms in total. The number of aryl methyl sites for hydroxylation is 5. The molecule has 0 bridgehead atoms. The van der Waals surface area contributed by atoms with Gasteiger partial charge < -0.3 is 4.90 Å². The van der Waals surface area contributed by atoms with Gasteiger partial charge in [-0.3, -0.25) is 0 Å². The van der Waals surface area contributed by atoms with Gasteiger partial charge >= 0.3 is 0 Å². The van der Waals surface area contributed by atoms with Crippen LogP contribution in [0.5, 0.6) is 0 Å². The molecule has 32 heavy (non-hydrogen) atoms. The summed E-state index contributed by atoms with van der Waals surface area (Å²) in [4.78, 5) is 15.5. The van der Waals surface area contributed by atoms with E-state index < -0.39 is 0 Å². The summed E-state index contributed by atoms with van der Waals surface area (Å²) in [6.45, 7) is 12.6. The minimum absolute atomic E-state index is 0.728. The molecular weight excluding hydrogens is 392 g/mol. The molecule has 4 aromatic rings. The Morgan fingerprint density at radius 3 is 1.97 bits per heavy atom. The minimum atomic E-state index is 0.728. The van der Waals surface area contributed by atoms with Crippen LogP contribution in [0.1, 0.15) is 33.6 Å². The van der Waals surface area contributed by atoms with Gasteiger partial charge in [0, 0.05) is 24.0 Å². The molecule has 0 aliphatic heterocycles. The highest BCUT2D eigenvalue weighted by Gasteiger charge is 2.18. The van der Waals surface area contributed by atoms with Gasteiger partial charge in [0.15, 0.2) is 5.82 Å². The second-order valence-electron chi connectivity index (χ2n) is 8.70. The smallest absolute Gasteiger partial charge is 0.163 e. The standard InChI is InChI=1S/C28H30N4/c1-17-12-18(2)14-24(13-17)23-8-10-25(11-9-23)32(7)27-20(4)15-19(3)26(21(27)5)28-30-16-29-22(6)31-28/h8-16H,1-7H3. The summed E-state index contributed by atoms with van der Waals surface area (Å²) in [5.41, 5.74) is 12.0. The van der Waals surface area contributed by atoms with E-state index >= 15 is 0 Å². The summed E-state index contributed by atoms with van der Waals surface area (Å²) in [6, 6.07) is 17.7. The third-order valence-corrected chi connectivity index (χ3v) is 5.99. The summed E-state index contributed by atoms with van der Waals surface area (Å²) >= 11 is 0. The number of hydrogen-bond donors (Lipinski definition) is 0. The molecule has 0 saturated heterocycles. The first kappa shape index (κ1) is 21.7. The van der Waals surface area contributed by atoms with E-state index in [1.165, 1.54) is 44.6 Å². The van der Waals surface area contributed by atoms with Crippen LogP contribution in [-0.2, 0) is 0 Å². The summed E-state index contributed by atoms with van der Waals surface area (Å²) in [7, 11) is 2.12. The van der Waals surface area contributed by atoms with Crippen LogP contribution in [0.3, 0.4) is 0 Å². The molecule has 0 amide bonds. The Morgan fingerprint density at radius 2 is 1.34 bits per heavy atom. The van der Waals surface area contributed by atoms with E-state index in [-0.39, 0.29) is 0 Å². The van der Waals surface area contributed by atoms with Gasteiger partial charge in [-0.2, -0.15) is 0 Å². The summed E-state index contributed by atoms with van der Waals surface area (Å²) in [5, 5.41) is 0. The maximum Gasteiger partial charge on any atom is 0.163 e. The SMILES string of the molecule is Cc1cc(C)cc(-c2ccc(N(C)c3c(C)cc(C)c(-c4ncnc(C)n4)c3C)cc2)c1. The van der Waals surface area contributed by atoms with Crippen molar-refractivity contribution in [2.45, 2.75) is 41.5 Å². The molecule has 0 spiro atoms. The van der Waals surface area contributed by atoms with Gasteiger partial charge in [0.25, 0.3) is 0 Å². The van der Waals surface area contributed by atoms with Gasteiger partial charge in [-0.05, 0) is 81.5 Å². The number of anilines is 2. The maximum atomic E-state index is 4.59. The molecule has 1 aromatic heterocycles. The molecule has 0 aliphatic carbocycles. The molecule has 3 aromatic carbocycles. The molecule has 0 saturated carbocycles. The molecule has 0 unspecified atom stereocenters. The van der Waals surface area contributed by atoms with Gasteiger partial charge in [0.2, 0.25) is 0 Å². The van der Waals surface area contributed by atoms with Crippen LogP contribution in [0.2, 0.25) is 0 Å². The number of aromatic nitrogens is 3. The van der Waals surface area contributed by atoms with Crippen molar-refractivity contribution in [1.82, 2.24) is 15.0 Å². The van der Waals surface area contributed by atoms with Crippen LogP contribution in [0, 0.1) is 41.5 Å². The number of nitrogens with zero attached hydrogens (tertiary/aromatic N) is 4. The van der Waals surface area contributed by atoms with Crippen LogP contribution in [0.4, 0.5) is 11.4 Å². The molecule has 0 atom stereocenters. The first-order valence-electron chi connectivity index (χ1n) is 10.9. The fraction of sp³-hybridized carbons (Fsp3) is 0.250. The minimum Gasteiger partial charge on any atom is -0.344 e. The Kier molecular flexibility index (Phi) is 5.79. The molecule has 4 heteroatoms. The number of rotatable bonds is 4. The van der Waals surface area contributed by atoms with E-state index in [0.717, 1.165) is 22.9 Å². The fourth-order valence-corrected chi connectivity index (χ4v) is 4.68. The average Bonchev–Trinajstić information content (AvgIpc) is 2.73. The summed E-state index contributed by atoms with van der Waals surface area (Å²) in [6.07, 6.45) is 1.59. The van der Waals surface area contributed by atoms with E-state index in [1.54, 1.807) is 6.33 Å². The van der Waals surface area contributed by atoms with Crippen molar-refractivity contribution >= 4 is 11.4 Å². The Balaban J connectivity index is 1.75. The van der Waals surface area contributed by atoms with Crippen LogP contribution < -0.4 is 4.90 Å². The molecule has 0 aliphatic rings. The summed E-state index contributed by atoms with van der Waals surface area (Å²) < 4.78 is 0. The molecule has 0 fully saturated rings. The maximum absolute atomic E-state index is 4.59. The van der Waals surface area contributed by atoms with Crippen LogP contribution >= 0.6 is 0 Å². The quantitative estimate of drug-likeness (QED) is 0.362. The van der Waals surface area contributed by atoms with Crippen LogP contribution in [0.25, 0.3) is 22.5 Å². The second kappa shape index (κ2) is 8.54. The second-order valence-corrected chi connectivity index (χ2v) is 8.70. The molecule has 162 valence electrons. The largest absolute Gasteiger partial charge is 0.344 e. The normalized spacial score (nSPS) is 11.0. The predicted octanol–water partition coefficient (Wildman–Crippen LogP) is 6.82. The lowest BCUT2D eigenvalue weighted by atomic mass is 9.95. The molecule has 1 heterocycles. The van der Waals surface area contributed by atoms with E-state index in [1.807, 2.05) is 6.92 Å². The Bertz CT molecular complexity index is 1270.